The Hall–Kier alpha value is -2.34. The van der Waals surface area contributed by atoms with Crippen molar-refractivity contribution >= 4 is 11.8 Å². The predicted molar refractivity (Wildman–Crippen MR) is 114 cm³/mol. The summed E-state index contributed by atoms with van der Waals surface area (Å²) in [5.74, 6) is 0.862. The van der Waals surface area contributed by atoms with Gasteiger partial charge in [-0.1, -0.05) is 30.3 Å². The van der Waals surface area contributed by atoms with Crippen LogP contribution >= 0.6 is 0 Å². The van der Waals surface area contributed by atoms with Crippen LogP contribution in [0, 0.1) is 0 Å². The van der Waals surface area contributed by atoms with Gasteiger partial charge in [-0.25, -0.2) is 9.48 Å². The molecule has 6 heteroatoms. The molecule has 0 spiro atoms. The van der Waals surface area contributed by atoms with Crippen molar-refractivity contribution in [2.75, 3.05) is 18.6 Å². The minimum Gasteiger partial charge on any atom is -0.377 e. The van der Waals surface area contributed by atoms with Gasteiger partial charge in [0.15, 0.2) is 0 Å². The fourth-order valence-electron chi connectivity index (χ4n) is 4.92. The van der Waals surface area contributed by atoms with Gasteiger partial charge in [-0.2, -0.15) is 5.10 Å². The molecule has 1 fully saturated rings. The zero-order valence-electron chi connectivity index (χ0n) is 18.1. The van der Waals surface area contributed by atoms with Gasteiger partial charge in [-0.05, 0) is 52.5 Å². The maximum absolute atomic E-state index is 14.0. The Morgan fingerprint density at radius 2 is 1.93 bits per heavy atom. The molecule has 4 rings (SSSR count). The number of methoxy groups -OCH3 is 1. The second-order valence-corrected chi connectivity index (χ2v) is 9.36. The number of hydrogen-bond donors (Lipinski definition) is 0. The molecule has 0 radical (unpaired) electrons. The summed E-state index contributed by atoms with van der Waals surface area (Å²) in [5.41, 5.74) is 0.596. The standard InChI is InChI=1S/C23H32N4O2/c1-22(2)16-18(17-10-7-6-8-11-17)26(20-13-14-24-27(20)22)21(28)25-15-9-12-19(25)23(3,4)29-5/h6-8,10-11,13-14,18-19H,9,12,15-16H2,1-5H3. The molecule has 0 saturated carbocycles. The highest BCUT2D eigenvalue weighted by atomic mass is 16.5. The van der Waals surface area contributed by atoms with Gasteiger partial charge in [0.1, 0.15) is 5.82 Å². The van der Waals surface area contributed by atoms with Crippen LogP contribution < -0.4 is 4.90 Å². The lowest BCUT2D eigenvalue weighted by Gasteiger charge is -2.46. The number of likely N-dealkylation sites (tertiary alicyclic amines) is 1. The third kappa shape index (κ3) is 3.33. The summed E-state index contributed by atoms with van der Waals surface area (Å²) in [6, 6.07) is 12.4. The number of ether oxygens (including phenoxy) is 1. The van der Waals surface area contributed by atoms with Gasteiger partial charge in [0, 0.05) is 19.7 Å². The highest BCUT2D eigenvalue weighted by molar-refractivity contribution is 5.93. The SMILES string of the molecule is COC(C)(C)C1CCCN1C(=O)N1c2ccnn2C(C)(C)CC1c1ccccc1. The molecule has 1 saturated heterocycles. The maximum Gasteiger partial charge on any atom is 0.326 e. The Labute approximate surface area is 173 Å². The Bertz CT molecular complexity index is 874. The molecule has 1 aromatic heterocycles. The number of carbonyl (C=O) groups is 1. The summed E-state index contributed by atoms with van der Waals surface area (Å²) in [6.07, 6.45) is 4.56. The van der Waals surface area contributed by atoms with E-state index in [2.05, 4.69) is 44.9 Å². The highest BCUT2D eigenvalue weighted by Crippen LogP contribution is 2.44. The van der Waals surface area contributed by atoms with Gasteiger partial charge < -0.3 is 9.64 Å². The Balaban J connectivity index is 1.77. The number of nitrogens with zero attached hydrogens (tertiary/aromatic N) is 4. The fourth-order valence-corrected chi connectivity index (χ4v) is 4.92. The number of hydrogen-bond acceptors (Lipinski definition) is 3. The van der Waals surface area contributed by atoms with Crippen LogP contribution in [0.2, 0.25) is 0 Å². The van der Waals surface area contributed by atoms with Crippen molar-refractivity contribution in [3.05, 3.63) is 48.2 Å². The molecule has 3 heterocycles. The molecule has 2 aliphatic heterocycles. The number of benzene rings is 1. The number of aromatic nitrogens is 2. The molecule has 2 aromatic rings. The van der Waals surface area contributed by atoms with Crippen molar-refractivity contribution in [1.82, 2.24) is 14.7 Å². The summed E-state index contributed by atoms with van der Waals surface area (Å²) >= 11 is 0. The van der Waals surface area contributed by atoms with Gasteiger partial charge in [0.25, 0.3) is 0 Å². The van der Waals surface area contributed by atoms with E-state index in [0.717, 1.165) is 37.2 Å². The van der Waals surface area contributed by atoms with E-state index in [0.29, 0.717) is 0 Å². The van der Waals surface area contributed by atoms with E-state index in [1.54, 1.807) is 13.3 Å². The zero-order valence-corrected chi connectivity index (χ0v) is 18.1. The lowest BCUT2D eigenvalue weighted by atomic mass is 9.88. The lowest BCUT2D eigenvalue weighted by molar-refractivity contribution is -0.0300. The molecule has 156 valence electrons. The smallest absolute Gasteiger partial charge is 0.326 e. The highest BCUT2D eigenvalue weighted by Gasteiger charge is 2.47. The lowest BCUT2D eigenvalue weighted by Crippen LogP contribution is -2.56. The van der Waals surface area contributed by atoms with Crippen LogP contribution in [0.5, 0.6) is 0 Å². The number of urea groups is 1. The Morgan fingerprint density at radius 1 is 1.21 bits per heavy atom. The molecule has 2 aliphatic rings. The average molecular weight is 397 g/mol. The average Bonchev–Trinajstić information content (AvgIpc) is 3.38. The number of anilines is 1. The van der Waals surface area contributed by atoms with Gasteiger partial charge in [0.05, 0.1) is 29.4 Å². The minimum absolute atomic E-state index is 0.0326. The molecular formula is C23H32N4O2. The predicted octanol–water partition coefficient (Wildman–Crippen LogP) is 4.58. The molecular weight excluding hydrogens is 364 g/mol. The molecule has 1 aromatic carbocycles. The third-order valence-electron chi connectivity index (χ3n) is 6.67. The van der Waals surface area contributed by atoms with Crippen molar-refractivity contribution in [2.24, 2.45) is 0 Å². The molecule has 0 bridgehead atoms. The van der Waals surface area contributed by atoms with E-state index in [9.17, 15) is 4.79 Å². The van der Waals surface area contributed by atoms with Gasteiger partial charge >= 0.3 is 6.03 Å². The first-order valence-electron chi connectivity index (χ1n) is 10.5. The largest absolute Gasteiger partial charge is 0.377 e. The number of fused-ring (bicyclic) bond motifs is 1. The topological polar surface area (TPSA) is 50.6 Å². The van der Waals surface area contributed by atoms with Gasteiger partial charge in [0.2, 0.25) is 0 Å². The van der Waals surface area contributed by atoms with Gasteiger partial charge in [-0.15, -0.1) is 0 Å². The summed E-state index contributed by atoms with van der Waals surface area (Å²) in [4.78, 5) is 17.9. The van der Waals surface area contributed by atoms with E-state index in [4.69, 9.17) is 4.74 Å². The first-order valence-corrected chi connectivity index (χ1v) is 10.5. The van der Waals surface area contributed by atoms with E-state index in [-0.39, 0.29) is 29.3 Å². The third-order valence-corrected chi connectivity index (χ3v) is 6.67. The Morgan fingerprint density at radius 3 is 2.62 bits per heavy atom. The van der Waals surface area contributed by atoms with Crippen LogP contribution in [0.15, 0.2) is 42.6 Å². The molecule has 2 atom stereocenters. The van der Waals surface area contributed by atoms with Crippen molar-refractivity contribution in [3.63, 3.8) is 0 Å². The summed E-state index contributed by atoms with van der Waals surface area (Å²) in [7, 11) is 1.73. The first kappa shape index (κ1) is 20.0. The van der Waals surface area contributed by atoms with Crippen molar-refractivity contribution in [3.8, 4) is 0 Å². The van der Waals surface area contributed by atoms with Crippen LogP contribution in [0.3, 0.4) is 0 Å². The van der Waals surface area contributed by atoms with Crippen LogP contribution in [0.4, 0.5) is 10.6 Å². The molecule has 0 N–H and O–H groups in total. The normalized spacial score (nSPS) is 23.9. The van der Waals surface area contributed by atoms with Crippen LogP contribution in [0.25, 0.3) is 0 Å². The van der Waals surface area contributed by atoms with Crippen LogP contribution in [-0.4, -0.2) is 46.0 Å². The van der Waals surface area contributed by atoms with Crippen molar-refractivity contribution < 1.29 is 9.53 Å². The van der Waals surface area contributed by atoms with E-state index < -0.39 is 0 Å². The quantitative estimate of drug-likeness (QED) is 0.763. The molecule has 0 aliphatic carbocycles. The summed E-state index contributed by atoms with van der Waals surface area (Å²) in [6.45, 7) is 9.27. The summed E-state index contributed by atoms with van der Waals surface area (Å²) in [5, 5.41) is 4.56. The molecule has 2 unspecified atom stereocenters. The van der Waals surface area contributed by atoms with E-state index >= 15 is 0 Å². The fraction of sp³-hybridized carbons (Fsp3) is 0.565. The number of amides is 2. The van der Waals surface area contributed by atoms with E-state index in [1.807, 2.05) is 38.7 Å². The zero-order chi connectivity index (χ0) is 20.8. The second kappa shape index (κ2) is 7.17. The number of carbonyl (C=O) groups excluding carboxylic acids is 1. The minimum atomic E-state index is -0.385. The Kier molecular flexibility index (Phi) is 4.93. The van der Waals surface area contributed by atoms with Crippen molar-refractivity contribution in [1.29, 1.82) is 0 Å². The molecule has 6 nitrogen and oxygen atoms in total. The maximum atomic E-state index is 14.0. The summed E-state index contributed by atoms with van der Waals surface area (Å²) < 4.78 is 7.76. The van der Waals surface area contributed by atoms with Gasteiger partial charge in [-0.3, -0.25) is 4.90 Å². The van der Waals surface area contributed by atoms with Crippen molar-refractivity contribution in [2.45, 2.75) is 70.2 Å². The van der Waals surface area contributed by atoms with Crippen LogP contribution in [-0.2, 0) is 10.3 Å². The first-order chi connectivity index (χ1) is 13.8. The monoisotopic (exact) mass is 396 g/mol. The number of rotatable bonds is 3. The second-order valence-electron chi connectivity index (χ2n) is 9.36. The van der Waals surface area contributed by atoms with Crippen LogP contribution in [0.1, 0.15) is 58.6 Å². The molecule has 2 amide bonds. The van der Waals surface area contributed by atoms with E-state index in [1.165, 1.54) is 0 Å². The molecule has 29 heavy (non-hydrogen) atoms.